The summed E-state index contributed by atoms with van der Waals surface area (Å²) in [5.41, 5.74) is 2.92. The van der Waals surface area contributed by atoms with Crippen molar-refractivity contribution in [2.24, 2.45) is 0 Å². The Balaban J connectivity index is 2.00. The standard InChI is InChI=1S/C27H39N3O3Si/c1-27(2,22-12-10-9-11-13-22)29(3)26-28-19-23(30(26)20-33-16-17-34(6,7)8)21-14-15-24(31-4)25(18-21)32-5/h9-15,18-19H,16-17,20H2,1-8H3. The Morgan fingerprint density at radius 3 is 2.26 bits per heavy atom. The van der Waals surface area contributed by atoms with E-state index in [2.05, 4.69) is 74.3 Å². The molecule has 0 fully saturated rings. The lowest BCUT2D eigenvalue weighted by Crippen LogP contribution is -2.40. The van der Waals surface area contributed by atoms with Crippen molar-refractivity contribution in [1.29, 1.82) is 0 Å². The molecule has 0 radical (unpaired) electrons. The van der Waals surface area contributed by atoms with E-state index < -0.39 is 8.07 Å². The quantitative estimate of drug-likeness (QED) is 0.239. The van der Waals surface area contributed by atoms with Crippen LogP contribution < -0.4 is 14.4 Å². The van der Waals surface area contributed by atoms with E-state index >= 15 is 0 Å². The topological polar surface area (TPSA) is 48.8 Å². The Bertz CT molecular complexity index is 1070. The highest BCUT2D eigenvalue weighted by Gasteiger charge is 2.30. The van der Waals surface area contributed by atoms with E-state index in [-0.39, 0.29) is 5.54 Å². The Kier molecular flexibility index (Phi) is 8.10. The van der Waals surface area contributed by atoms with Crippen molar-refractivity contribution in [1.82, 2.24) is 9.55 Å². The van der Waals surface area contributed by atoms with Crippen LogP contribution in [-0.2, 0) is 17.0 Å². The second-order valence-corrected chi connectivity index (χ2v) is 15.9. The number of methoxy groups -OCH3 is 2. The third-order valence-electron chi connectivity index (χ3n) is 6.35. The second-order valence-electron chi connectivity index (χ2n) is 10.3. The minimum Gasteiger partial charge on any atom is -0.493 e. The van der Waals surface area contributed by atoms with Crippen molar-refractivity contribution in [3.8, 4) is 22.8 Å². The van der Waals surface area contributed by atoms with E-state index in [0.717, 1.165) is 29.9 Å². The van der Waals surface area contributed by atoms with Gasteiger partial charge in [-0.2, -0.15) is 0 Å². The lowest BCUT2D eigenvalue weighted by molar-refractivity contribution is 0.0886. The van der Waals surface area contributed by atoms with Crippen LogP contribution in [0.4, 0.5) is 5.95 Å². The van der Waals surface area contributed by atoms with Gasteiger partial charge in [0, 0.05) is 27.3 Å². The van der Waals surface area contributed by atoms with E-state index in [0.29, 0.717) is 18.2 Å². The first-order valence-electron chi connectivity index (χ1n) is 11.7. The van der Waals surface area contributed by atoms with Crippen LogP contribution >= 0.6 is 0 Å². The molecule has 0 bridgehead atoms. The average Bonchev–Trinajstić information content (AvgIpc) is 3.24. The van der Waals surface area contributed by atoms with Gasteiger partial charge in [0.25, 0.3) is 0 Å². The Labute approximate surface area is 205 Å². The maximum Gasteiger partial charge on any atom is 0.208 e. The van der Waals surface area contributed by atoms with Crippen molar-refractivity contribution >= 4 is 14.0 Å². The van der Waals surface area contributed by atoms with Crippen molar-refractivity contribution < 1.29 is 14.2 Å². The van der Waals surface area contributed by atoms with Crippen LogP contribution in [0.2, 0.25) is 25.7 Å². The Hall–Kier alpha value is -2.77. The summed E-state index contributed by atoms with van der Waals surface area (Å²) < 4.78 is 19.3. The third-order valence-corrected chi connectivity index (χ3v) is 8.05. The van der Waals surface area contributed by atoms with Gasteiger partial charge in [-0.25, -0.2) is 4.98 Å². The van der Waals surface area contributed by atoms with Crippen LogP contribution in [0.5, 0.6) is 11.5 Å². The summed E-state index contributed by atoms with van der Waals surface area (Å²) in [4.78, 5) is 7.07. The zero-order valence-corrected chi connectivity index (χ0v) is 22.9. The first-order valence-corrected chi connectivity index (χ1v) is 15.4. The molecule has 0 amide bonds. The number of ether oxygens (including phenoxy) is 3. The van der Waals surface area contributed by atoms with Crippen LogP contribution in [0, 0.1) is 0 Å². The van der Waals surface area contributed by atoms with E-state index in [4.69, 9.17) is 19.2 Å². The summed E-state index contributed by atoms with van der Waals surface area (Å²) in [6.07, 6.45) is 1.91. The molecule has 34 heavy (non-hydrogen) atoms. The molecule has 1 heterocycles. The lowest BCUT2D eigenvalue weighted by Gasteiger charge is -2.37. The highest BCUT2D eigenvalue weighted by Crippen LogP contribution is 2.36. The van der Waals surface area contributed by atoms with Gasteiger partial charge >= 0.3 is 0 Å². The summed E-state index contributed by atoms with van der Waals surface area (Å²) in [7, 11) is 4.21. The second kappa shape index (κ2) is 10.7. The van der Waals surface area contributed by atoms with E-state index in [9.17, 15) is 0 Å². The number of hydrogen-bond acceptors (Lipinski definition) is 5. The molecule has 6 nitrogen and oxygen atoms in total. The van der Waals surface area contributed by atoms with Gasteiger partial charge in [-0.1, -0.05) is 50.0 Å². The predicted octanol–water partition coefficient (Wildman–Crippen LogP) is 6.25. The minimum atomic E-state index is -1.18. The summed E-state index contributed by atoms with van der Waals surface area (Å²) >= 11 is 0. The number of imidazole rings is 1. The van der Waals surface area contributed by atoms with Crippen molar-refractivity contribution in [3.05, 3.63) is 60.3 Å². The van der Waals surface area contributed by atoms with Crippen LogP contribution in [-0.4, -0.2) is 45.5 Å². The molecular weight excluding hydrogens is 442 g/mol. The fourth-order valence-electron chi connectivity index (χ4n) is 3.81. The molecule has 0 saturated carbocycles. The molecular formula is C27H39N3O3Si. The molecule has 2 aromatic carbocycles. The fraction of sp³-hybridized carbons (Fsp3) is 0.444. The summed E-state index contributed by atoms with van der Waals surface area (Å²) in [6.45, 7) is 12.7. The molecule has 0 aliphatic rings. The van der Waals surface area contributed by atoms with Crippen molar-refractivity contribution in [2.45, 2.75) is 51.8 Å². The third kappa shape index (κ3) is 5.83. The van der Waals surface area contributed by atoms with Gasteiger partial charge in [-0.3, -0.25) is 4.57 Å². The maximum atomic E-state index is 6.20. The number of hydrogen-bond donors (Lipinski definition) is 0. The van der Waals surface area contributed by atoms with Gasteiger partial charge in [0.1, 0.15) is 6.73 Å². The van der Waals surface area contributed by atoms with Gasteiger partial charge in [0.2, 0.25) is 5.95 Å². The fourth-order valence-corrected chi connectivity index (χ4v) is 4.57. The smallest absolute Gasteiger partial charge is 0.208 e. The maximum absolute atomic E-state index is 6.20. The number of nitrogens with zero attached hydrogens (tertiary/aromatic N) is 3. The largest absolute Gasteiger partial charge is 0.493 e. The number of anilines is 1. The predicted molar refractivity (Wildman–Crippen MR) is 143 cm³/mol. The molecule has 0 N–H and O–H groups in total. The minimum absolute atomic E-state index is 0.266. The Morgan fingerprint density at radius 1 is 0.971 bits per heavy atom. The monoisotopic (exact) mass is 481 g/mol. The van der Waals surface area contributed by atoms with E-state index in [1.165, 1.54) is 5.56 Å². The first kappa shape index (κ1) is 25.8. The molecule has 0 unspecified atom stereocenters. The zero-order valence-electron chi connectivity index (χ0n) is 21.9. The molecule has 184 valence electrons. The summed E-state index contributed by atoms with van der Waals surface area (Å²) in [5, 5.41) is 0. The zero-order chi connectivity index (χ0) is 24.9. The van der Waals surface area contributed by atoms with Gasteiger partial charge in [-0.05, 0) is 43.7 Å². The molecule has 0 spiro atoms. The molecule has 0 aliphatic carbocycles. The molecule has 0 aliphatic heterocycles. The number of benzene rings is 2. The molecule has 0 atom stereocenters. The highest BCUT2D eigenvalue weighted by atomic mass is 28.3. The molecule has 1 aromatic heterocycles. The molecule has 3 aromatic rings. The molecule has 7 heteroatoms. The van der Waals surface area contributed by atoms with Crippen LogP contribution in [0.15, 0.2) is 54.7 Å². The molecule has 0 saturated heterocycles. The summed E-state index contributed by atoms with van der Waals surface area (Å²) in [5.74, 6) is 2.24. The van der Waals surface area contributed by atoms with Crippen LogP contribution in [0.1, 0.15) is 19.4 Å². The molecule has 3 rings (SSSR count). The van der Waals surface area contributed by atoms with Gasteiger partial charge in [0.05, 0.1) is 31.6 Å². The normalized spacial score (nSPS) is 12.0. The summed E-state index contributed by atoms with van der Waals surface area (Å²) in [6, 6.07) is 17.6. The SMILES string of the molecule is COc1ccc(-c2cnc(N(C)C(C)(C)c3ccccc3)n2COCC[Si](C)(C)C)cc1OC. The highest BCUT2D eigenvalue weighted by molar-refractivity contribution is 6.76. The number of rotatable bonds is 11. The van der Waals surface area contributed by atoms with Gasteiger partial charge in [0.15, 0.2) is 11.5 Å². The average molecular weight is 482 g/mol. The Morgan fingerprint density at radius 2 is 1.65 bits per heavy atom. The van der Waals surface area contributed by atoms with Crippen LogP contribution in [0.25, 0.3) is 11.3 Å². The van der Waals surface area contributed by atoms with E-state index in [1.807, 2.05) is 30.5 Å². The first-order chi connectivity index (χ1) is 16.1. The van der Waals surface area contributed by atoms with Crippen LogP contribution in [0.3, 0.4) is 0 Å². The lowest BCUT2D eigenvalue weighted by atomic mass is 9.93. The van der Waals surface area contributed by atoms with E-state index in [1.54, 1.807) is 14.2 Å². The van der Waals surface area contributed by atoms with Crippen molar-refractivity contribution in [3.63, 3.8) is 0 Å². The van der Waals surface area contributed by atoms with Gasteiger partial charge < -0.3 is 19.1 Å². The van der Waals surface area contributed by atoms with Crippen molar-refractivity contribution in [2.75, 3.05) is 32.8 Å². The van der Waals surface area contributed by atoms with Gasteiger partial charge in [-0.15, -0.1) is 0 Å². The number of aromatic nitrogens is 2.